The molecule has 4 rings (SSSR count). The monoisotopic (exact) mass is 480 g/mol. The van der Waals surface area contributed by atoms with E-state index in [1.165, 1.54) is 6.33 Å². The Morgan fingerprint density at radius 2 is 1.74 bits per heavy atom. The summed E-state index contributed by atoms with van der Waals surface area (Å²) in [6, 6.07) is 5.25. The van der Waals surface area contributed by atoms with Gasteiger partial charge in [-0.25, -0.2) is 23.1 Å². The Labute approximate surface area is 187 Å². The summed E-state index contributed by atoms with van der Waals surface area (Å²) in [5.74, 6) is -5.03. The third-order valence-electron chi connectivity index (χ3n) is 4.82. The van der Waals surface area contributed by atoms with Crippen LogP contribution in [0.1, 0.15) is 11.1 Å². The molecule has 0 atom stereocenters. The van der Waals surface area contributed by atoms with Crippen LogP contribution in [-0.2, 0) is 24.4 Å². The maximum atomic E-state index is 14.5. The van der Waals surface area contributed by atoms with Crippen molar-refractivity contribution < 1.29 is 35.9 Å². The number of halogens is 6. The Morgan fingerprint density at radius 3 is 2.38 bits per heavy atom. The quantitative estimate of drug-likeness (QED) is 0.390. The van der Waals surface area contributed by atoms with Crippen LogP contribution in [0.3, 0.4) is 0 Å². The molecule has 2 aromatic carbocycles. The molecule has 0 saturated carbocycles. The number of fused-ring (bicyclic) bond motifs is 1. The molecule has 0 aliphatic rings. The highest BCUT2D eigenvalue weighted by Crippen LogP contribution is 2.33. The first-order valence-electron chi connectivity index (χ1n) is 9.61. The number of nitrogens with one attached hydrogen (secondary N) is 1. The van der Waals surface area contributed by atoms with Gasteiger partial charge in [0.15, 0.2) is 11.6 Å². The van der Waals surface area contributed by atoms with E-state index >= 15 is 0 Å². The molecule has 0 unspecified atom stereocenters. The molecular formula is C22H14F6N4O2. The van der Waals surface area contributed by atoms with Crippen LogP contribution in [0.15, 0.2) is 48.9 Å². The summed E-state index contributed by atoms with van der Waals surface area (Å²) in [6.07, 6.45) is -2.57. The average molecular weight is 480 g/mol. The minimum Gasteiger partial charge on any atom is -0.438 e. The molecule has 34 heavy (non-hydrogen) atoms. The lowest BCUT2D eigenvalue weighted by Crippen LogP contribution is -2.17. The van der Waals surface area contributed by atoms with Gasteiger partial charge >= 0.3 is 6.18 Å². The van der Waals surface area contributed by atoms with Crippen LogP contribution in [0, 0.1) is 17.5 Å². The SMILES string of the molecule is Cn1ccc2c(Oc3cc(F)c(NC(=O)Cc4ccc(C(F)(F)F)c(F)c4)c(F)c3)ncnc21. The lowest BCUT2D eigenvalue weighted by molar-refractivity contribution is -0.140. The molecule has 6 nitrogen and oxygen atoms in total. The van der Waals surface area contributed by atoms with E-state index in [1.54, 1.807) is 23.9 Å². The van der Waals surface area contributed by atoms with E-state index in [4.69, 9.17) is 4.74 Å². The molecule has 0 fully saturated rings. The van der Waals surface area contributed by atoms with Crippen molar-refractivity contribution in [3.05, 3.63) is 77.5 Å². The second-order valence-electron chi connectivity index (χ2n) is 7.24. The number of carbonyl (C=O) groups is 1. The van der Waals surface area contributed by atoms with Crippen molar-refractivity contribution in [1.29, 1.82) is 0 Å². The molecule has 0 aliphatic heterocycles. The fourth-order valence-corrected chi connectivity index (χ4v) is 3.24. The molecular weight excluding hydrogens is 466 g/mol. The molecule has 176 valence electrons. The Hall–Kier alpha value is -4.09. The van der Waals surface area contributed by atoms with Crippen molar-refractivity contribution in [2.45, 2.75) is 12.6 Å². The van der Waals surface area contributed by atoms with Gasteiger partial charge in [-0.05, 0) is 23.8 Å². The van der Waals surface area contributed by atoms with E-state index in [2.05, 4.69) is 9.97 Å². The van der Waals surface area contributed by atoms with Crippen LogP contribution in [0.25, 0.3) is 11.0 Å². The third-order valence-corrected chi connectivity index (χ3v) is 4.82. The van der Waals surface area contributed by atoms with Crippen molar-refractivity contribution in [3.8, 4) is 11.6 Å². The first-order chi connectivity index (χ1) is 16.0. The van der Waals surface area contributed by atoms with Gasteiger partial charge in [0, 0.05) is 25.4 Å². The van der Waals surface area contributed by atoms with Crippen LogP contribution >= 0.6 is 0 Å². The van der Waals surface area contributed by atoms with E-state index in [0.717, 1.165) is 18.2 Å². The minimum absolute atomic E-state index is 0.0607. The van der Waals surface area contributed by atoms with Gasteiger partial charge in [-0.2, -0.15) is 13.2 Å². The second kappa shape index (κ2) is 8.69. The molecule has 2 heterocycles. The number of rotatable bonds is 5. The fraction of sp³-hybridized carbons (Fsp3) is 0.136. The number of hydrogen-bond donors (Lipinski definition) is 1. The molecule has 0 bridgehead atoms. The number of anilines is 1. The highest BCUT2D eigenvalue weighted by atomic mass is 19.4. The van der Waals surface area contributed by atoms with Gasteiger partial charge in [0.05, 0.1) is 17.4 Å². The van der Waals surface area contributed by atoms with Crippen LogP contribution in [0.4, 0.5) is 32.0 Å². The maximum absolute atomic E-state index is 14.5. The van der Waals surface area contributed by atoms with Gasteiger partial charge in [-0.1, -0.05) is 6.07 Å². The highest BCUT2D eigenvalue weighted by Gasteiger charge is 2.34. The number of ether oxygens (including phenoxy) is 1. The molecule has 0 saturated heterocycles. The number of aryl methyl sites for hydroxylation is 1. The number of carbonyl (C=O) groups excluding carboxylic acids is 1. The van der Waals surface area contributed by atoms with Gasteiger partial charge in [0.2, 0.25) is 11.8 Å². The van der Waals surface area contributed by atoms with E-state index in [9.17, 15) is 31.1 Å². The summed E-state index contributed by atoms with van der Waals surface area (Å²) in [7, 11) is 1.75. The predicted octanol–water partition coefficient (Wildman–Crippen LogP) is 5.38. The Balaban J connectivity index is 1.50. The lowest BCUT2D eigenvalue weighted by atomic mass is 10.1. The van der Waals surface area contributed by atoms with Crippen molar-refractivity contribution >= 4 is 22.6 Å². The summed E-state index contributed by atoms with van der Waals surface area (Å²) in [5, 5.41) is 2.50. The summed E-state index contributed by atoms with van der Waals surface area (Å²) in [6.45, 7) is 0. The van der Waals surface area contributed by atoms with Crippen LogP contribution in [-0.4, -0.2) is 20.4 Å². The first kappa shape index (κ1) is 23.1. The highest BCUT2D eigenvalue weighted by molar-refractivity contribution is 5.92. The summed E-state index contributed by atoms with van der Waals surface area (Å²) in [5.41, 5.74) is -1.85. The average Bonchev–Trinajstić information content (AvgIpc) is 3.12. The summed E-state index contributed by atoms with van der Waals surface area (Å²) >= 11 is 0. The molecule has 0 radical (unpaired) electrons. The van der Waals surface area contributed by atoms with E-state index in [1.807, 2.05) is 5.32 Å². The normalized spacial score (nSPS) is 11.6. The smallest absolute Gasteiger partial charge is 0.419 e. The van der Waals surface area contributed by atoms with Gasteiger partial charge < -0.3 is 14.6 Å². The van der Waals surface area contributed by atoms with Gasteiger partial charge in [0.1, 0.15) is 29.2 Å². The van der Waals surface area contributed by atoms with Crippen LogP contribution in [0.2, 0.25) is 0 Å². The number of nitrogens with zero attached hydrogens (tertiary/aromatic N) is 3. The van der Waals surface area contributed by atoms with E-state index in [-0.39, 0.29) is 17.2 Å². The molecule has 1 N–H and O–H groups in total. The van der Waals surface area contributed by atoms with Gasteiger partial charge in [-0.3, -0.25) is 4.79 Å². The number of hydrogen-bond acceptors (Lipinski definition) is 4. The lowest BCUT2D eigenvalue weighted by Gasteiger charge is -2.12. The van der Waals surface area contributed by atoms with Crippen molar-refractivity contribution in [2.75, 3.05) is 5.32 Å². The molecule has 0 aliphatic carbocycles. The number of aromatic nitrogens is 3. The molecule has 0 spiro atoms. The zero-order chi connectivity index (χ0) is 24.6. The topological polar surface area (TPSA) is 69.0 Å². The van der Waals surface area contributed by atoms with Gasteiger partial charge in [-0.15, -0.1) is 0 Å². The third kappa shape index (κ3) is 4.65. The molecule has 4 aromatic rings. The molecule has 1 amide bonds. The standard InChI is InChI=1S/C22H14F6N4O2/c1-32-5-4-13-20(32)29-10-30-21(13)34-12-8-16(24)19(17(25)9-12)31-18(33)7-11-2-3-14(15(23)6-11)22(26,27)28/h2-6,8-10H,7H2,1H3,(H,31,33). The van der Waals surface area contributed by atoms with Crippen LogP contribution in [0.5, 0.6) is 11.6 Å². The zero-order valence-electron chi connectivity index (χ0n) is 17.3. The summed E-state index contributed by atoms with van der Waals surface area (Å²) in [4.78, 5) is 20.2. The predicted molar refractivity (Wildman–Crippen MR) is 109 cm³/mol. The number of amides is 1. The van der Waals surface area contributed by atoms with Crippen molar-refractivity contribution in [1.82, 2.24) is 14.5 Å². The molecule has 2 aromatic heterocycles. The zero-order valence-corrected chi connectivity index (χ0v) is 17.3. The van der Waals surface area contributed by atoms with Crippen molar-refractivity contribution in [3.63, 3.8) is 0 Å². The Bertz CT molecular complexity index is 1380. The first-order valence-corrected chi connectivity index (χ1v) is 9.61. The molecule has 12 heteroatoms. The fourth-order valence-electron chi connectivity index (χ4n) is 3.24. The van der Waals surface area contributed by atoms with Crippen molar-refractivity contribution in [2.24, 2.45) is 7.05 Å². The Kier molecular flexibility index (Phi) is 5.90. The van der Waals surface area contributed by atoms with E-state index < -0.39 is 47.2 Å². The second-order valence-corrected chi connectivity index (χ2v) is 7.24. The number of benzene rings is 2. The largest absolute Gasteiger partial charge is 0.438 e. The van der Waals surface area contributed by atoms with Crippen LogP contribution < -0.4 is 10.1 Å². The Morgan fingerprint density at radius 1 is 1.03 bits per heavy atom. The minimum atomic E-state index is -4.89. The summed E-state index contributed by atoms with van der Waals surface area (Å²) < 4.78 is 87.8. The number of alkyl halides is 3. The van der Waals surface area contributed by atoms with Gasteiger partial charge in [0.25, 0.3) is 0 Å². The van der Waals surface area contributed by atoms with E-state index in [0.29, 0.717) is 23.2 Å². The maximum Gasteiger partial charge on any atom is 0.419 e.